The first-order valence-electron chi connectivity index (χ1n) is 4.25. The summed E-state index contributed by atoms with van der Waals surface area (Å²) in [5.41, 5.74) is 1.63. The SMILES string of the molecule is ClCCC#Cc1cnn2cccnc12. The topological polar surface area (TPSA) is 30.2 Å². The van der Waals surface area contributed by atoms with Crippen molar-refractivity contribution in [2.75, 3.05) is 5.88 Å². The van der Waals surface area contributed by atoms with Crippen LogP contribution in [0.15, 0.2) is 24.7 Å². The Morgan fingerprint density at radius 1 is 1.50 bits per heavy atom. The smallest absolute Gasteiger partial charge is 0.170 e. The first kappa shape index (κ1) is 9.04. The molecule has 0 radical (unpaired) electrons. The Balaban J connectivity index is 2.40. The zero-order chi connectivity index (χ0) is 9.80. The fourth-order valence-corrected chi connectivity index (χ4v) is 1.21. The molecular formula is C10H8ClN3. The molecule has 2 rings (SSSR count). The first-order chi connectivity index (χ1) is 6.92. The Hall–Kier alpha value is -1.53. The third-order valence-electron chi connectivity index (χ3n) is 1.72. The lowest BCUT2D eigenvalue weighted by Crippen LogP contribution is -1.87. The summed E-state index contributed by atoms with van der Waals surface area (Å²) in [5, 5.41) is 4.12. The fourth-order valence-electron chi connectivity index (χ4n) is 1.12. The van der Waals surface area contributed by atoms with Crippen LogP contribution in [0.1, 0.15) is 12.0 Å². The molecule has 2 aromatic rings. The molecule has 4 heteroatoms. The van der Waals surface area contributed by atoms with Gasteiger partial charge in [0.25, 0.3) is 0 Å². The molecule has 2 aromatic heterocycles. The van der Waals surface area contributed by atoms with Gasteiger partial charge in [-0.25, -0.2) is 9.50 Å². The highest BCUT2D eigenvalue weighted by Gasteiger charge is 1.99. The molecular weight excluding hydrogens is 198 g/mol. The number of alkyl halides is 1. The van der Waals surface area contributed by atoms with E-state index in [1.165, 1.54) is 0 Å². The molecule has 0 saturated carbocycles. The lowest BCUT2D eigenvalue weighted by Gasteiger charge is -1.88. The third kappa shape index (κ3) is 1.70. The van der Waals surface area contributed by atoms with Crippen LogP contribution in [0, 0.1) is 11.8 Å². The molecule has 2 heterocycles. The van der Waals surface area contributed by atoms with Crippen LogP contribution in [-0.4, -0.2) is 20.5 Å². The van der Waals surface area contributed by atoms with E-state index in [0.29, 0.717) is 12.3 Å². The van der Waals surface area contributed by atoms with Gasteiger partial charge in [0.2, 0.25) is 0 Å². The van der Waals surface area contributed by atoms with Gasteiger partial charge in [0.15, 0.2) is 5.65 Å². The quantitative estimate of drug-likeness (QED) is 0.524. The van der Waals surface area contributed by atoms with E-state index in [1.54, 1.807) is 16.9 Å². The van der Waals surface area contributed by atoms with Crippen molar-refractivity contribution in [2.45, 2.75) is 6.42 Å². The maximum atomic E-state index is 5.52. The van der Waals surface area contributed by atoms with E-state index in [1.807, 2.05) is 12.3 Å². The molecule has 0 aliphatic carbocycles. The standard InChI is InChI=1S/C10H8ClN3/c11-5-2-1-4-9-8-13-14-7-3-6-12-10(9)14/h3,6-8H,2,5H2. The van der Waals surface area contributed by atoms with Crippen LogP contribution < -0.4 is 0 Å². The van der Waals surface area contributed by atoms with Gasteiger partial charge in [-0.2, -0.15) is 5.10 Å². The van der Waals surface area contributed by atoms with Gasteiger partial charge < -0.3 is 0 Å². The summed E-state index contributed by atoms with van der Waals surface area (Å²) < 4.78 is 1.70. The van der Waals surface area contributed by atoms with Crippen molar-refractivity contribution in [1.82, 2.24) is 14.6 Å². The highest BCUT2D eigenvalue weighted by Crippen LogP contribution is 2.04. The summed E-state index contributed by atoms with van der Waals surface area (Å²) in [6.07, 6.45) is 5.97. The average molecular weight is 206 g/mol. The summed E-state index contributed by atoms with van der Waals surface area (Å²) in [5.74, 6) is 6.50. The van der Waals surface area contributed by atoms with E-state index < -0.39 is 0 Å². The van der Waals surface area contributed by atoms with E-state index >= 15 is 0 Å². The second kappa shape index (κ2) is 4.12. The largest absolute Gasteiger partial charge is 0.236 e. The van der Waals surface area contributed by atoms with Crippen molar-refractivity contribution in [2.24, 2.45) is 0 Å². The molecule has 0 aliphatic rings. The molecule has 0 amide bonds. The molecule has 0 spiro atoms. The Bertz CT molecular complexity index is 493. The van der Waals surface area contributed by atoms with E-state index in [-0.39, 0.29) is 0 Å². The van der Waals surface area contributed by atoms with E-state index in [4.69, 9.17) is 11.6 Å². The van der Waals surface area contributed by atoms with Crippen molar-refractivity contribution in [3.05, 3.63) is 30.2 Å². The van der Waals surface area contributed by atoms with Gasteiger partial charge in [-0.05, 0) is 6.07 Å². The van der Waals surface area contributed by atoms with Crippen LogP contribution in [0.2, 0.25) is 0 Å². The predicted molar refractivity (Wildman–Crippen MR) is 55.2 cm³/mol. The van der Waals surface area contributed by atoms with Crippen LogP contribution in [-0.2, 0) is 0 Å². The maximum Gasteiger partial charge on any atom is 0.170 e. The Morgan fingerprint density at radius 2 is 2.43 bits per heavy atom. The van der Waals surface area contributed by atoms with E-state index in [0.717, 1.165) is 11.2 Å². The van der Waals surface area contributed by atoms with Crippen molar-refractivity contribution >= 4 is 17.2 Å². The minimum Gasteiger partial charge on any atom is -0.236 e. The van der Waals surface area contributed by atoms with Gasteiger partial charge in [-0.3, -0.25) is 0 Å². The number of aromatic nitrogens is 3. The lowest BCUT2D eigenvalue weighted by atomic mass is 10.3. The third-order valence-corrected chi connectivity index (χ3v) is 1.91. The minimum atomic E-state index is 0.555. The molecule has 0 atom stereocenters. The normalized spacial score (nSPS) is 9.79. The monoisotopic (exact) mass is 205 g/mol. The van der Waals surface area contributed by atoms with Gasteiger partial charge in [-0.1, -0.05) is 11.8 Å². The second-order valence-corrected chi connectivity index (χ2v) is 3.06. The van der Waals surface area contributed by atoms with Gasteiger partial charge in [0.1, 0.15) is 0 Å². The number of hydrogen-bond acceptors (Lipinski definition) is 2. The highest BCUT2D eigenvalue weighted by molar-refractivity contribution is 6.18. The highest BCUT2D eigenvalue weighted by atomic mass is 35.5. The van der Waals surface area contributed by atoms with Crippen LogP contribution in [0.5, 0.6) is 0 Å². The van der Waals surface area contributed by atoms with Crippen LogP contribution in [0.25, 0.3) is 5.65 Å². The Morgan fingerprint density at radius 3 is 3.29 bits per heavy atom. The van der Waals surface area contributed by atoms with E-state index in [2.05, 4.69) is 21.9 Å². The fraction of sp³-hybridized carbons (Fsp3) is 0.200. The summed E-state index contributed by atoms with van der Waals surface area (Å²) >= 11 is 5.52. The number of nitrogens with zero attached hydrogens (tertiary/aromatic N) is 3. The molecule has 0 unspecified atom stereocenters. The average Bonchev–Trinajstić information content (AvgIpc) is 2.63. The van der Waals surface area contributed by atoms with Crippen LogP contribution in [0.3, 0.4) is 0 Å². The molecule has 0 saturated heterocycles. The first-order valence-corrected chi connectivity index (χ1v) is 4.78. The summed E-state index contributed by atoms with van der Waals surface area (Å²) in [4.78, 5) is 4.18. The van der Waals surface area contributed by atoms with Gasteiger partial charge in [0, 0.05) is 24.7 Å². The minimum absolute atomic E-state index is 0.555. The Kier molecular flexibility index (Phi) is 2.66. The zero-order valence-electron chi connectivity index (χ0n) is 7.44. The number of halogens is 1. The van der Waals surface area contributed by atoms with Crippen LogP contribution >= 0.6 is 11.6 Å². The maximum absolute atomic E-state index is 5.52. The van der Waals surface area contributed by atoms with Crippen molar-refractivity contribution in [1.29, 1.82) is 0 Å². The molecule has 70 valence electrons. The molecule has 3 nitrogen and oxygen atoms in total. The number of hydrogen-bond donors (Lipinski definition) is 0. The molecule has 14 heavy (non-hydrogen) atoms. The molecule has 0 aromatic carbocycles. The van der Waals surface area contributed by atoms with Crippen molar-refractivity contribution in [3.63, 3.8) is 0 Å². The van der Waals surface area contributed by atoms with Crippen molar-refractivity contribution in [3.8, 4) is 11.8 Å². The second-order valence-electron chi connectivity index (χ2n) is 2.69. The van der Waals surface area contributed by atoms with Crippen LogP contribution in [0.4, 0.5) is 0 Å². The van der Waals surface area contributed by atoms with Gasteiger partial charge in [-0.15, -0.1) is 11.6 Å². The molecule has 0 fully saturated rings. The zero-order valence-corrected chi connectivity index (χ0v) is 8.20. The van der Waals surface area contributed by atoms with E-state index in [9.17, 15) is 0 Å². The summed E-state index contributed by atoms with van der Waals surface area (Å²) in [7, 11) is 0. The number of rotatable bonds is 1. The lowest BCUT2D eigenvalue weighted by molar-refractivity contribution is 0.939. The van der Waals surface area contributed by atoms with Crippen molar-refractivity contribution < 1.29 is 0 Å². The molecule has 0 bridgehead atoms. The Labute approximate surface area is 86.7 Å². The molecule has 0 aliphatic heterocycles. The summed E-state index contributed by atoms with van der Waals surface area (Å²) in [6, 6.07) is 1.83. The summed E-state index contributed by atoms with van der Waals surface area (Å²) in [6.45, 7) is 0. The van der Waals surface area contributed by atoms with Gasteiger partial charge >= 0.3 is 0 Å². The molecule has 0 N–H and O–H groups in total. The number of fused-ring (bicyclic) bond motifs is 1. The predicted octanol–water partition coefficient (Wildman–Crippen LogP) is 1.71. The van der Waals surface area contributed by atoms with Gasteiger partial charge in [0.05, 0.1) is 11.8 Å².